The van der Waals surface area contributed by atoms with Gasteiger partial charge in [-0.05, 0) is 6.07 Å². The second-order valence-corrected chi connectivity index (χ2v) is 2.04. The van der Waals surface area contributed by atoms with E-state index in [-0.39, 0.29) is 5.56 Å². The van der Waals surface area contributed by atoms with Crippen LogP contribution in [0.4, 0.5) is 4.39 Å². The monoisotopic (exact) mass is 153 g/mol. The number of rotatable bonds is 2. The first-order valence-electron chi connectivity index (χ1n) is 3.06. The van der Waals surface area contributed by atoms with Gasteiger partial charge in [0.25, 0.3) is 0 Å². The molecule has 0 aliphatic heterocycles. The zero-order valence-corrected chi connectivity index (χ0v) is 5.62. The van der Waals surface area contributed by atoms with Crippen LogP contribution in [0.25, 0.3) is 0 Å². The minimum atomic E-state index is -1.48. The van der Waals surface area contributed by atoms with E-state index in [1.807, 2.05) is 0 Å². The predicted octanol–water partition coefficient (Wildman–Crippen LogP) is 0.969. The molecule has 0 spiro atoms. The second kappa shape index (κ2) is 3.25. The Hall–Kier alpha value is -1.22. The maximum atomic E-state index is 12.7. The average molecular weight is 153 g/mol. The molecule has 0 aliphatic carbocycles. The maximum absolute atomic E-state index is 12.7. The highest BCUT2D eigenvalue weighted by atomic mass is 19.1. The third-order valence-corrected chi connectivity index (χ3v) is 1.31. The van der Waals surface area contributed by atoms with Crippen LogP contribution >= 0.6 is 0 Å². The molecule has 1 N–H and O–H groups in total. The fraction of sp³-hybridized carbons (Fsp3) is 0.125. The minimum absolute atomic E-state index is 0.0394. The summed E-state index contributed by atoms with van der Waals surface area (Å²) in [7, 11) is 0. The summed E-state index contributed by atoms with van der Waals surface area (Å²) in [6.07, 6.45) is -0.188. The fourth-order valence-corrected chi connectivity index (χ4v) is 0.760. The molecular formula is C8H6FO2. The first-order chi connectivity index (χ1) is 5.25. The van der Waals surface area contributed by atoms with Gasteiger partial charge in [-0.2, -0.15) is 0 Å². The number of hydrogen-bond acceptors (Lipinski definition) is 2. The standard InChI is InChI=1S/C8H6FO2/c9-7-4-2-1-3-6(7)8(11)5-10/h1-4,8,11H. The molecule has 0 bridgehead atoms. The third kappa shape index (κ3) is 1.62. The molecule has 0 heterocycles. The number of aliphatic hydroxyl groups is 1. The minimum Gasteiger partial charge on any atom is -0.380 e. The fourth-order valence-electron chi connectivity index (χ4n) is 0.760. The zero-order chi connectivity index (χ0) is 8.27. The Kier molecular flexibility index (Phi) is 2.33. The molecule has 1 unspecified atom stereocenters. The molecule has 3 heteroatoms. The van der Waals surface area contributed by atoms with Gasteiger partial charge in [0, 0.05) is 5.56 Å². The molecule has 0 aliphatic rings. The van der Waals surface area contributed by atoms with Crippen molar-refractivity contribution in [2.75, 3.05) is 0 Å². The van der Waals surface area contributed by atoms with Gasteiger partial charge in [0.05, 0.1) is 0 Å². The number of benzene rings is 1. The Morgan fingerprint density at radius 2 is 2.09 bits per heavy atom. The van der Waals surface area contributed by atoms with Crippen LogP contribution in [0.3, 0.4) is 0 Å². The molecule has 1 aromatic carbocycles. The summed E-state index contributed by atoms with van der Waals surface area (Å²) in [6, 6.07) is 5.54. The Labute approximate surface area is 63.3 Å². The van der Waals surface area contributed by atoms with E-state index in [0.717, 1.165) is 0 Å². The molecule has 11 heavy (non-hydrogen) atoms. The number of halogens is 1. The van der Waals surface area contributed by atoms with Crippen LogP contribution in [0.1, 0.15) is 11.7 Å². The van der Waals surface area contributed by atoms with Gasteiger partial charge in [0.1, 0.15) is 11.9 Å². The largest absolute Gasteiger partial charge is 0.380 e. The van der Waals surface area contributed by atoms with E-state index in [1.165, 1.54) is 24.5 Å². The van der Waals surface area contributed by atoms with Gasteiger partial charge in [-0.15, -0.1) is 0 Å². The van der Waals surface area contributed by atoms with Crippen molar-refractivity contribution in [2.24, 2.45) is 0 Å². The summed E-state index contributed by atoms with van der Waals surface area (Å²) in [6.45, 7) is 0. The van der Waals surface area contributed by atoms with Gasteiger partial charge >= 0.3 is 0 Å². The summed E-state index contributed by atoms with van der Waals surface area (Å²) in [4.78, 5) is 9.92. The van der Waals surface area contributed by atoms with Crippen molar-refractivity contribution in [2.45, 2.75) is 6.10 Å². The number of carbonyl (C=O) groups excluding carboxylic acids is 1. The van der Waals surface area contributed by atoms with E-state index < -0.39 is 11.9 Å². The summed E-state index contributed by atoms with van der Waals surface area (Å²) in [5, 5.41) is 8.85. The van der Waals surface area contributed by atoms with Crippen molar-refractivity contribution in [3.05, 3.63) is 35.6 Å². The van der Waals surface area contributed by atoms with Gasteiger partial charge < -0.3 is 5.11 Å². The van der Waals surface area contributed by atoms with Gasteiger partial charge in [-0.3, -0.25) is 4.79 Å². The number of hydrogen-bond donors (Lipinski definition) is 1. The summed E-state index contributed by atoms with van der Waals surface area (Å²) < 4.78 is 12.7. The van der Waals surface area contributed by atoms with E-state index >= 15 is 0 Å². The summed E-state index contributed by atoms with van der Waals surface area (Å²) >= 11 is 0. The lowest BCUT2D eigenvalue weighted by molar-refractivity contribution is 0.234. The highest BCUT2D eigenvalue weighted by molar-refractivity contribution is 5.60. The van der Waals surface area contributed by atoms with Crippen LogP contribution in [0, 0.1) is 5.82 Å². The summed E-state index contributed by atoms with van der Waals surface area (Å²) in [5.74, 6) is -0.594. The quantitative estimate of drug-likeness (QED) is 0.687. The van der Waals surface area contributed by atoms with Crippen molar-refractivity contribution in [1.82, 2.24) is 0 Å². The molecule has 1 aromatic rings. The van der Waals surface area contributed by atoms with Crippen molar-refractivity contribution in [3.63, 3.8) is 0 Å². The molecular weight excluding hydrogens is 147 g/mol. The van der Waals surface area contributed by atoms with Gasteiger partial charge in [-0.1, -0.05) is 18.2 Å². The number of aliphatic hydroxyl groups excluding tert-OH is 1. The van der Waals surface area contributed by atoms with Gasteiger partial charge in [-0.25, -0.2) is 4.39 Å². The molecule has 1 atom stereocenters. The average Bonchev–Trinajstić information content (AvgIpc) is 2.04. The highest BCUT2D eigenvalue weighted by Gasteiger charge is 2.10. The molecule has 0 amide bonds. The molecule has 1 rings (SSSR count). The second-order valence-electron chi connectivity index (χ2n) is 2.04. The van der Waals surface area contributed by atoms with E-state index in [9.17, 15) is 9.18 Å². The molecule has 0 saturated heterocycles. The molecule has 57 valence electrons. The Morgan fingerprint density at radius 3 is 2.64 bits per heavy atom. The Bertz CT molecular complexity index is 260. The smallest absolute Gasteiger partial charge is 0.234 e. The Morgan fingerprint density at radius 1 is 1.45 bits per heavy atom. The first-order valence-corrected chi connectivity index (χ1v) is 3.06. The van der Waals surface area contributed by atoms with Gasteiger partial charge in [0.2, 0.25) is 6.29 Å². The maximum Gasteiger partial charge on any atom is 0.234 e. The first kappa shape index (κ1) is 7.88. The molecule has 2 nitrogen and oxygen atoms in total. The lowest BCUT2D eigenvalue weighted by Crippen LogP contribution is -2.00. The predicted molar refractivity (Wildman–Crippen MR) is 37.1 cm³/mol. The lowest BCUT2D eigenvalue weighted by Gasteiger charge is -2.01. The lowest BCUT2D eigenvalue weighted by atomic mass is 10.1. The SMILES string of the molecule is O=[C]C(O)c1ccccc1F. The van der Waals surface area contributed by atoms with E-state index in [4.69, 9.17) is 5.11 Å². The zero-order valence-electron chi connectivity index (χ0n) is 5.62. The van der Waals surface area contributed by atoms with E-state index in [1.54, 1.807) is 6.07 Å². The van der Waals surface area contributed by atoms with Crippen LogP contribution < -0.4 is 0 Å². The van der Waals surface area contributed by atoms with Crippen molar-refractivity contribution in [1.29, 1.82) is 0 Å². The highest BCUT2D eigenvalue weighted by Crippen LogP contribution is 2.13. The molecule has 0 saturated carbocycles. The third-order valence-electron chi connectivity index (χ3n) is 1.31. The Balaban J connectivity index is 3.02. The van der Waals surface area contributed by atoms with E-state index in [0.29, 0.717) is 0 Å². The van der Waals surface area contributed by atoms with Crippen LogP contribution in [-0.2, 0) is 4.79 Å². The van der Waals surface area contributed by atoms with Crippen molar-refractivity contribution < 1.29 is 14.3 Å². The van der Waals surface area contributed by atoms with Crippen LogP contribution in [-0.4, -0.2) is 11.4 Å². The molecule has 1 radical (unpaired) electrons. The van der Waals surface area contributed by atoms with Crippen LogP contribution in [0.2, 0.25) is 0 Å². The van der Waals surface area contributed by atoms with Crippen LogP contribution in [0.15, 0.2) is 24.3 Å². The van der Waals surface area contributed by atoms with Gasteiger partial charge in [0.15, 0.2) is 0 Å². The normalized spacial score (nSPS) is 12.5. The topological polar surface area (TPSA) is 37.3 Å². The summed E-state index contributed by atoms with van der Waals surface area (Å²) in [5.41, 5.74) is -0.0394. The molecule has 0 aromatic heterocycles. The van der Waals surface area contributed by atoms with Crippen molar-refractivity contribution in [3.8, 4) is 0 Å². The van der Waals surface area contributed by atoms with E-state index in [2.05, 4.69) is 0 Å². The van der Waals surface area contributed by atoms with Crippen molar-refractivity contribution >= 4 is 6.29 Å². The van der Waals surface area contributed by atoms with Crippen LogP contribution in [0.5, 0.6) is 0 Å². The molecule has 0 fully saturated rings.